The summed E-state index contributed by atoms with van der Waals surface area (Å²) in [4.78, 5) is 57.9. The third kappa shape index (κ3) is 11.8. The quantitative estimate of drug-likeness (QED) is 0.0600. The highest BCUT2D eigenvalue weighted by atomic mass is 16.6. The fraction of sp³-hybridized carbons (Fsp3) is 0.211. The van der Waals surface area contributed by atoms with E-state index in [1.165, 1.54) is 10.8 Å². The number of nitrogens with zero attached hydrogens (tertiary/aromatic N) is 1. The summed E-state index contributed by atoms with van der Waals surface area (Å²) in [6.45, 7) is 1.30. The van der Waals surface area contributed by atoms with Crippen LogP contribution in [0.4, 0.5) is 0 Å². The Hall–Kier alpha value is -10.3. The minimum atomic E-state index is -0.548. The molecule has 0 spiro atoms. The molecule has 1 aliphatic carbocycles. The standard InChI is InChI=1S/C76H66N4O10/c77-31-34-80-35-32-78-65(81)43-87-73-53-11-3-13-55(73)39-59-17-6-18-60(76(59)90-46-68(84)86-42-62-26-24-52-22-20-48-8-2-10-50-28-30-64(62)72(52)70(48)50)40-56-14-4-12-54(74(56)88-44-66(82)79-33-36-80)38-58-16-5-15-57(37-53)75(58)89-45-67(83)85-41-61-25-23-51-21-19-47-7-1-9-49-27-29-63(61)71(51)69(47)49/h1-30H,31-46,77H2,(H,78,81)(H,79,82). The lowest BCUT2D eigenvalue weighted by molar-refractivity contribution is -0.148. The minimum Gasteiger partial charge on any atom is -0.483 e. The number of fused-ring (bicyclic) bond motifs is 12. The predicted molar refractivity (Wildman–Crippen MR) is 350 cm³/mol. The van der Waals surface area contributed by atoms with Crippen molar-refractivity contribution in [3.63, 3.8) is 0 Å². The largest absolute Gasteiger partial charge is 0.483 e. The van der Waals surface area contributed by atoms with Gasteiger partial charge in [0.1, 0.15) is 36.2 Å². The molecule has 4 N–H and O–H groups in total. The van der Waals surface area contributed by atoms with E-state index in [1.54, 1.807) is 0 Å². The average molecular weight is 1200 g/mol. The topological polar surface area (TPSA) is 177 Å². The van der Waals surface area contributed by atoms with Crippen LogP contribution in [0.3, 0.4) is 0 Å². The van der Waals surface area contributed by atoms with E-state index in [2.05, 4.69) is 113 Å². The van der Waals surface area contributed by atoms with Gasteiger partial charge in [-0.3, -0.25) is 14.5 Å². The van der Waals surface area contributed by atoms with Crippen molar-refractivity contribution in [3.8, 4) is 23.0 Å². The van der Waals surface area contributed by atoms with Crippen molar-refractivity contribution in [2.75, 3.05) is 65.7 Å². The maximum atomic E-state index is 14.1. The molecule has 12 aromatic carbocycles. The number of nitrogens with one attached hydrogen (secondary N) is 2. The summed E-state index contributed by atoms with van der Waals surface area (Å²) in [7, 11) is 0. The number of para-hydroxylation sites is 4. The number of rotatable bonds is 12. The van der Waals surface area contributed by atoms with Crippen molar-refractivity contribution in [2.24, 2.45) is 5.73 Å². The van der Waals surface area contributed by atoms with Crippen LogP contribution in [0.5, 0.6) is 23.0 Å². The summed E-state index contributed by atoms with van der Waals surface area (Å²) in [5.41, 5.74) is 13.8. The lowest BCUT2D eigenvalue weighted by atomic mass is 9.91. The molecule has 14 heteroatoms. The zero-order chi connectivity index (χ0) is 61.1. The molecule has 0 fully saturated rings. The highest BCUT2D eigenvalue weighted by molar-refractivity contribution is 6.24. The second-order valence-corrected chi connectivity index (χ2v) is 23.3. The van der Waals surface area contributed by atoms with E-state index in [0.29, 0.717) is 62.3 Å². The second-order valence-electron chi connectivity index (χ2n) is 23.3. The van der Waals surface area contributed by atoms with Gasteiger partial charge in [-0.05, 0) is 120 Å². The summed E-state index contributed by atoms with van der Waals surface area (Å²) in [6.07, 6.45) is 1.07. The van der Waals surface area contributed by atoms with Gasteiger partial charge in [-0.2, -0.15) is 0 Å². The van der Waals surface area contributed by atoms with Crippen LogP contribution < -0.4 is 35.3 Å². The Bertz CT molecular complexity index is 4310. The van der Waals surface area contributed by atoms with Gasteiger partial charge in [-0.25, -0.2) is 9.59 Å². The van der Waals surface area contributed by atoms with Crippen LogP contribution in [0, 0.1) is 0 Å². The zero-order valence-electron chi connectivity index (χ0n) is 49.7. The summed E-state index contributed by atoms with van der Waals surface area (Å²) < 4.78 is 38.9. The Balaban J connectivity index is 0.803. The Morgan fingerprint density at radius 3 is 1.13 bits per heavy atom. The molecule has 0 aromatic heterocycles. The Labute approximate surface area is 520 Å². The number of ether oxygens (including phenoxy) is 6. The van der Waals surface area contributed by atoms with Gasteiger partial charge in [0.25, 0.3) is 11.8 Å². The summed E-state index contributed by atoms with van der Waals surface area (Å²) in [5, 5.41) is 19.5. The molecular weight excluding hydrogens is 1130 g/mol. The van der Waals surface area contributed by atoms with Gasteiger partial charge in [0.15, 0.2) is 26.4 Å². The lowest BCUT2D eigenvalue weighted by Crippen LogP contribution is -2.43. The number of esters is 2. The molecule has 90 heavy (non-hydrogen) atoms. The van der Waals surface area contributed by atoms with E-state index in [4.69, 9.17) is 34.2 Å². The molecule has 12 aromatic rings. The van der Waals surface area contributed by atoms with Crippen molar-refractivity contribution >= 4 is 88.4 Å². The summed E-state index contributed by atoms with van der Waals surface area (Å²) in [6, 6.07) is 61.3. The molecule has 2 aliphatic heterocycles. The highest BCUT2D eigenvalue weighted by Gasteiger charge is 2.25. The first kappa shape index (κ1) is 57.5. The van der Waals surface area contributed by atoms with Gasteiger partial charge in [0.2, 0.25) is 0 Å². The molecule has 0 radical (unpaired) electrons. The molecule has 0 unspecified atom stereocenters. The van der Waals surface area contributed by atoms with Gasteiger partial charge in [-0.15, -0.1) is 0 Å². The number of benzene rings is 12. The lowest BCUT2D eigenvalue weighted by Gasteiger charge is -2.23. The van der Waals surface area contributed by atoms with E-state index >= 15 is 0 Å². The van der Waals surface area contributed by atoms with Crippen LogP contribution in [0.25, 0.3) is 64.6 Å². The van der Waals surface area contributed by atoms with Gasteiger partial charge in [0.05, 0.1) is 0 Å². The Morgan fingerprint density at radius 1 is 0.422 bits per heavy atom. The smallest absolute Gasteiger partial charge is 0.344 e. The molecule has 0 saturated heterocycles. The fourth-order valence-electron chi connectivity index (χ4n) is 13.3. The molecule has 14 nitrogen and oxygen atoms in total. The highest BCUT2D eigenvalue weighted by Crippen LogP contribution is 2.41. The first-order chi connectivity index (χ1) is 44.2. The number of carbonyl (C=O) groups excluding carboxylic acids is 4. The van der Waals surface area contributed by atoms with Crippen LogP contribution in [-0.2, 0) is 67.5 Å². The Morgan fingerprint density at radius 2 is 0.756 bits per heavy atom. The molecule has 450 valence electrons. The predicted octanol–water partition coefficient (Wildman–Crippen LogP) is 11.7. The van der Waals surface area contributed by atoms with Gasteiger partial charge in [-0.1, -0.05) is 182 Å². The van der Waals surface area contributed by atoms with Gasteiger partial charge < -0.3 is 44.8 Å². The molecule has 15 rings (SSSR count). The van der Waals surface area contributed by atoms with E-state index in [0.717, 1.165) is 109 Å². The SMILES string of the molecule is NCCN1CCNC(=O)COc2c3cccc2Cc2cccc(c2OCC(=O)OCc2ccc4ccc5cccc6ccc2c4c56)Cc2cccc(c2OCC(=O)NCC1)Cc1cccc(c1OCC(=O)OCc1ccc2ccc4cccc5ccc1c2c45)C3. The molecule has 0 saturated carbocycles. The van der Waals surface area contributed by atoms with Crippen LogP contribution in [0.15, 0.2) is 182 Å². The monoisotopic (exact) mass is 1190 g/mol. The Kier molecular flexibility index (Phi) is 16.2. The summed E-state index contributed by atoms with van der Waals surface area (Å²) in [5.74, 6) is 0.197. The molecule has 2 heterocycles. The fourth-order valence-corrected chi connectivity index (χ4v) is 13.3. The maximum absolute atomic E-state index is 14.1. The first-order valence-electron chi connectivity index (χ1n) is 30.7. The number of amides is 2. The second kappa shape index (κ2) is 25.4. The number of hydrogen-bond donors (Lipinski definition) is 3. The van der Waals surface area contributed by atoms with E-state index in [1.807, 2.05) is 84.9 Å². The van der Waals surface area contributed by atoms with Crippen LogP contribution in [0.1, 0.15) is 55.6 Å². The minimum absolute atomic E-state index is 0.0429. The number of carbonyl (C=O) groups is 4. The van der Waals surface area contributed by atoms with E-state index in [9.17, 15) is 19.2 Å². The molecule has 0 atom stereocenters. The number of hydrogen-bond acceptors (Lipinski definition) is 12. The average Bonchev–Trinajstić information content (AvgIpc) is 0.791. The zero-order valence-corrected chi connectivity index (χ0v) is 49.7. The van der Waals surface area contributed by atoms with E-state index < -0.39 is 25.2 Å². The van der Waals surface area contributed by atoms with Gasteiger partial charge in [0, 0.05) is 65.0 Å². The third-order valence-electron chi connectivity index (χ3n) is 17.6. The number of nitrogens with two attached hydrogens (primary N) is 1. The van der Waals surface area contributed by atoms with Crippen molar-refractivity contribution in [3.05, 3.63) is 238 Å². The first-order valence-corrected chi connectivity index (χ1v) is 30.7. The van der Waals surface area contributed by atoms with Crippen LogP contribution >= 0.6 is 0 Å². The van der Waals surface area contributed by atoms with Crippen LogP contribution in [0.2, 0.25) is 0 Å². The molecule has 2 amide bonds. The van der Waals surface area contributed by atoms with Crippen molar-refractivity contribution in [2.45, 2.75) is 38.9 Å². The van der Waals surface area contributed by atoms with Crippen molar-refractivity contribution < 1.29 is 47.6 Å². The normalized spacial score (nSPS) is 14.3. The third-order valence-corrected chi connectivity index (χ3v) is 17.6. The molecular formula is C76H66N4O10. The van der Waals surface area contributed by atoms with Gasteiger partial charge >= 0.3 is 11.9 Å². The van der Waals surface area contributed by atoms with Crippen molar-refractivity contribution in [1.29, 1.82) is 0 Å². The van der Waals surface area contributed by atoms with Crippen molar-refractivity contribution in [1.82, 2.24) is 15.5 Å². The maximum Gasteiger partial charge on any atom is 0.344 e. The van der Waals surface area contributed by atoms with Crippen LogP contribution in [-0.4, -0.2) is 94.3 Å². The molecule has 3 aliphatic rings. The summed E-state index contributed by atoms with van der Waals surface area (Å²) >= 11 is 0. The molecule has 10 bridgehead atoms. The van der Waals surface area contributed by atoms with E-state index in [-0.39, 0.29) is 63.9 Å².